The van der Waals surface area contributed by atoms with Crippen molar-refractivity contribution in [2.45, 2.75) is 32.7 Å². The molecule has 0 spiro atoms. The number of hydrogen-bond acceptors (Lipinski definition) is 4. The largest absolute Gasteiger partial charge is 0.459 e. The van der Waals surface area contributed by atoms with Gasteiger partial charge in [0.2, 0.25) is 0 Å². The van der Waals surface area contributed by atoms with E-state index in [0.29, 0.717) is 17.7 Å². The Morgan fingerprint density at radius 2 is 1.68 bits per heavy atom. The number of terminal acetylenes is 1. The van der Waals surface area contributed by atoms with Gasteiger partial charge in [0.05, 0.1) is 16.8 Å². The van der Waals surface area contributed by atoms with Gasteiger partial charge in [0.1, 0.15) is 30.0 Å². The van der Waals surface area contributed by atoms with E-state index >= 15 is 0 Å². The molecule has 0 aliphatic heterocycles. The molecule has 1 N–H and O–H groups in total. The highest BCUT2D eigenvalue weighted by Crippen LogP contribution is 2.32. The summed E-state index contributed by atoms with van der Waals surface area (Å²) in [5.41, 5.74) is -1.44. The minimum absolute atomic E-state index is 0.175. The number of carbonyl (C=O) groups excluding carboxylic acids is 1. The van der Waals surface area contributed by atoms with Gasteiger partial charge in [-0.1, -0.05) is 31.9 Å². The molecule has 10 heteroatoms. The lowest BCUT2D eigenvalue weighted by Crippen LogP contribution is -2.36. The Morgan fingerprint density at radius 1 is 1.00 bits per heavy atom. The highest BCUT2D eigenvalue weighted by molar-refractivity contribution is 5.79. The molecule has 0 heterocycles. The van der Waals surface area contributed by atoms with Crippen molar-refractivity contribution in [3.63, 3.8) is 0 Å². The highest BCUT2D eigenvalue weighted by Gasteiger charge is 2.32. The van der Waals surface area contributed by atoms with Gasteiger partial charge in [-0.15, -0.1) is 6.42 Å². The van der Waals surface area contributed by atoms with Crippen molar-refractivity contribution in [2.75, 3.05) is 5.32 Å². The number of anilines is 1. The summed E-state index contributed by atoms with van der Waals surface area (Å²) in [4.78, 5) is 12.6. The zero-order chi connectivity index (χ0) is 27.3. The molecule has 194 valence electrons. The second-order valence-corrected chi connectivity index (χ2v) is 8.29. The minimum atomic E-state index is -4.70. The lowest BCUT2D eigenvalue weighted by molar-refractivity contribution is -0.147. The molecule has 0 aromatic heterocycles. The number of nitrogens with one attached hydrogen (secondary N) is 1. The highest BCUT2D eigenvalue weighted by atomic mass is 19.4. The van der Waals surface area contributed by atoms with Gasteiger partial charge in [-0.05, 0) is 53.9 Å². The average Bonchev–Trinajstić information content (AvgIpc) is 2.84. The van der Waals surface area contributed by atoms with Gasteiger partial charge in [-0.2, -0.15) is 13.2 Å². The number of hydrogen-bond donors (Lipinski definition) is 1. The van der Waals surface area contributed by atoms with Gasteiger partial charge in [0.15, 0.2) is 11.6 Å². The summed E-state index contributed by atoms with van der Waals surface area (Å²) in [7, 11) is 0. The van der Waals surface area contributed by atoms with Crippen molar-refractivity contribution in [3.8, 4) is 23.8 Å². The van der Waals surface area contributed by atoms with Crippen molar-refractivity contribution in [1.82, 2.24) is 0 Å². The molecular weight excluding hydrogens is 500 g/mol. The van der Waals surface area contributed by atoms with Gasteiger partial charge in [-0.25, -0.2) is 18.0 Å². The van der Waals surface area contributed by atoms with Crippen LogP contribution in [0.15, 0.2) is 54.6 Å². The third kappa shape index (κ3) is 6.76. The summed E-state index contributed by atoms with van der Waals surface area (Å²) < 4.78 is 91.0. The summed E-state index contributed by atoms with van der Waals surface area (Å²) in [6, 6.07) is 9.03. The first-order valence-corrected chi connectivity index (χ1v) is 10.9. The molecule has 37 heavy (non-hydrogen) atoms. The minimum Gasteiger partial charge on any atom is -0.459 e. The van der Waals surface area contributed by atoms with E-state index in [0.717, 1.165) is 18.2 Å². The molecule has 3 rings (SSSR count). The number of ether oxygens (including phenoxy) is 2. The fraction of sp³-hybridized carbons (Fsp3) is 0.222. The molecule has 1 unspecified atom stereocenters. The van der Waals surface area contributed by atoms with Crippen molar-refractivity contribution in [1.29, 1.82) is 0 Å². The topological polar surface area (TPSA) is 47.6 Å². The first-order valence-electron chi connectivity index (χ1n) is 10.9. The quantitative estimate of drug-likeness (QED) is 0.196. The number of halogens is 6. The van der Waals surface area contributed by atoms with E-state index in [1.165, 1.54) is 12.1 Å². The maximum atomic E-state index is 14.3. The van der Waals surface area contributed by atoms with Gasteiger partial charge < -0.3 is 14.8 Å². The third-order valence-corrected chi connectivity index (χ3v) is 5.26. The normalized spacial score (nSPS) is 12.1. The Morgan fingerprint density at radius 3 is 2.24 bits per heavy atom. The fourth-order valence-corrected chi connectivity index (χ4v) is 3.24. The second-order valence-electron chi connectivity index (χ2n) is 8.29. The van der Waals surface area contributed by atoms with Crippen molar-refractivity contribution >= 4 is 11.7 Å². The Labute approximate surface area is 209 Å². The zero-order valence-corrected chi connectivity index (χ0v) is 19.6. The van der Waals surface area contributed by atoms with Crippen LogP contribution < -0.4 is 10.1 Å². The van der Waals surface area contributed by atoms with Crippen LogP contribution >= 0.6 is 0 Å². The van der Waals surface area contributed by atoms with E-state index in [9.17, 15) is 31.1 Å². The van der Waals surface area contributed by atoms with Crippen LogP contribution in [-0.2, 0) is 22.3 Å². The predicted octanol–water partition coefficient (Wildman–Crippen LogP) is 7.08. The average molecular weight is 521 g/mol. The van der Waals surface area contributed by atoms with E-state index in [4.69, 9.17) is 15.9 Å². The number of benzene rings is 3. The number of rotatable bonds is 8. The first-order chi connectivity index (χ1) is 17.4. The van der Waals surface area contributed by atoms with E-state index in [2.05, 4.69) is 5.32 Å². The standard InChI is InChI=1S/C27H21F6NO3/c1-4-19-20(28)10-12-23(24(19)30)37-18-8-5-16(6-9-18)14-36-26(35)25(15(2)3)34-22-11-7-17(13-21(22)29)27(31,32)33/h1,5-13,15,25,34H,14H2,2-3H3. The monoisotopic (exact) mass is 521 g/mol. The lowest BCUT2D eigenvalue weighted by atomic mass is 10.0. The summed E-state index contributed by atoms with van der Waals surface area (Å²) in [5, 5.41) is 2.60. The molecule has 1 atom stereocenters. The van der Waals surface area contributed by atoms with Crippen LogP contribution in [-0.4, -0.2) is 12.0 Å². The Kier molecular flexibility index (Phi) is 8.38. The fourth-order valence-electron chi connectivity index (χ4n) is 3.24. The van der Waals surface area contributed by atoms with Crippen molar-refractivity contribution < 1.29 is 40.6 Å². The Balaban J connectivity index is 1.63. The lowest BCUT2D eigenvalue weighted by Gasteiger charge is -2.22. The number of alkyl halides is 3. The molecule has 0 saturated carbocycles. The second kappa shape index (κ2) is 11.3. The molecule has 4 nitrogen and oxygen atoms in total. The molecule has 0 aliphatic rings. The molecule has 3 aromatic carbocycles. The zero-order valence-electron chi connectivity index (χ0n) is 19.6. The Hall–Kier alpha value is -4.13. The van der Waals surface area contributed by atoms with E-state index in [-0.39, 0.29) is 29.7 Å². The summed E-state index contributed by atoms with van der Waals surface area (Å²) >= 11 is 0. The maximum absolute atomic E-state index is 14.3. The van der Waals surface area contributed by atoms with Crippen LogP contribution in [0.25, 0.3) is 0 Å². The smallest absolute Gasteiger partial charge is 0.416 e. The summed E-state index contributed by atoms with van der Waals surface area (Å²) in [5.74, 6) is -2.33. The molecule has 3 aromatic rings. The molecule has 0 radical (unpaired) electrons. The molecular formula is C27H21F6NO3. The van der Waals surface area contributed by atoms with E-state index in [1.54, 1.807) is 26.0 Å². The van der Waals surface area contributed by atoms with Gasteiger partial charge in [0, 0.05) is 0 Å². The van der Waals surface area contributed by atoms with Crippen molar-refractivity contribution in [2.24, 2.45) is 5.92 Å². The summed E-state index contributed by atoms with van der Waals surface area (Å²) in [6.07, 6.45) is 0.412. The van der Waals surface area contributed by atoms with E-state index < -0.39 is 46.8 Å². The maximum Gasteiger partial charge on any atom is 0.416 e. The van der Waals surface area contributed by atoms with Gasteiger partial charge in [0.25, 0.3) is 0 Å². The Bertz CT molecular complexity index is 1310. The van der Waals surface area contributed by atoms with Crippen LogP contribution in [0.4, 0.5) is 32.0 Å². The van der Waals surface area contributed by atoms with Crippen LogP contribution in [0.5, 0.6) is 11.5 Å². The molecule has 0 bridgehead atoms. The summed E-state index contributed by atoms with van der Waals surface area (Å²) in [6.45, 7) is 3.14. The molecule has 0 saturated heterocycles. The molecule has 0 aliphatic carbocycles. The molecule has 0 fully saturated rings. The predicted molar refractivity (Wildman–Crippen MR) is 124 cm³/mol. The SMILES string of the molecule is C#Cc1c(F)ccc(Oc2ccc(COC(=O)C(Nc3ccc(C(F)(F)F)cc3F)C(C)C)cc2)c1F. The van der Waals surface area contributed by atoms with Gasteiger partial charge in [-0.3, -0.25) is 0 Å². The first kappa shape index (κ1) is 27.5. The van der Waals surface area contributed by atoms with Crippen LogP contribution in [0, 0.1) is 35.7 Å². The number of carbonyl (C=O) groups is 1. The van der Waals surface area contributed by atoms with Crippen LogP contribution in [0.2, 0.25) is 0 Å². The molecule has 0 amide bonds. The van der Waals surface area contributed by atoms with E-state index in [1.807, 2.05) is 5.92 Å². The van der Waals surface area contributed by atoms with Crippen LogP contribution in [0.1, 0.15) is 30.5 Å². The van der Waals surface area contributed by atoms with Crippen molar-refractivity contribution in [3.05, 3.63) is 88.7 Å². The van der Waals surface area contributed by atoms with Crippen LogP contribution in [0.3, 0.4) is 0 Å². The van der Waals surface area contributed by atoms with Gasteiger partial charge >= 0.3 is 12.1 Å². The number of esters is 1. The third-order valence-electron chi connectivity index (χ3n) is 5.26.